The van der Waals surface area contributed by atoms with Crippen LogP contribution in [0.15, 0.2) is 42.5 Å². The molecule has 0 heterocycles. The van der Waals surface area contributed by atoms with Gasteiger partial charge >= 0.3 is 0 Å². The Kier molecular flexibility index (Phi) is 6.15. The second-order valence-electron chi connectivity index (χ2n) is 5.17. The van der Waals surface area contributed by atoms with E-state index in [1.54, 1.807) is 30.3 Å². The van der Waals surface area contributed by atoms with E-state index in [1.165, 1.54) is 12.1 Å². The number of benzene rings is 2. The van der Waals surface area contributed by atoms with E-state index in [2.05, 4.69) is 0 Å². The average molecular weight is 316 g/mol. The first-order chi connectivity index (χ1) is 11.2. The normalized spacial score (nSPS) is 10.4. The molecule has 0 bridgehead atoms. The standard InChI is InChI=1S/C19H21FO3/c1-3-11-22-17-10-9-14(13-18(17)23-12-4-2)19(21)15-7-5-6-8-16(15)20/h5-10,13H,3-4,11-12H2,1-2H3. The number of carbonyl (C=O) groups is 1. The minimum atomic E-state index is -0.528. The third-order valence-electron chi connectivity index (χ3n) is 3.25. The average Bonchev–Trinajstić information content (AvgIpc) is 2.58. The molecule has 0 spiro atoms. The second kappa shape index (κ2) is 8.32. The van der Waals surface area contributed by atoms with Gasteiger partial charge in [0, 0.05) is 5.56 Å². The summed E-state index contributed by atoms with van der Waals surface area (Å²) >= 11 is 0. The molecule has 3 nitrogen and oxygen atoms in total. The first kappa shape index (κ1) is 17.0. The minimum absolute atomic E-state index is 0.0520. The van der Waals surface area contributed by atoms with Gasteiger partial charge in [-0.25, -0.2) is 4.39 Å². The van der Waals surface area contributed by atoms with Gasteiger partial charge < -0.3 is 9.47 Å². The van der Waals surface area contributed by atoms with Crippen molar-refractivity contribution < 1.29 is 18.7 Å². The smallest absolute Gasteiger partial charge is 0.196 e. The van der Waals surface area contributed by atoms with Gasteiger partial charge in [-0.15, -0.1) is 0 Å². The lowest BCUT2D eigenvalue weighted by Gasteiger charge is -2.13. The molecule has 0 saturated heterocycles. The van der Waals surface area contributed by atoms with Gasteiger partial charge in [0.15, 0.2) is 17.3 Å². The molecule has 2 aromatic carbocycles. The van der Waals surface area contributed by atoms with Crippen molar-refractivity contribution in [3.8, 4) is 11.5 Å². The van der Waals surface area contributed by atoms with Crippen LogP contribution in [0.25, 0.3) is 0 Å². The van der Waals surface area contributed by atoms with E-state index in [0.29, 0.717) is 30.3 Å². The fourth-order valence-electron chi connectivity index (χ4n) is 2.11. The molecule has 0 saturated carbocycles. The van der Waals surface area contributed by atoms with Gasteiger partial charge in [0.05, 0.1) is 18.8 Å². The van der Waals surface area contributed by atoms with Gasteiger partial charge in [0.1, 0.15) is 5.82 Å². The minimum Gasteiger partial charge on any atom is -0.490 e. The fourth-order valence-corrected chi connectivity index (χ4v) is 2.11. The second-order valence-corrected chi connectivity index (χ2v) is 5.17. The number of hydrogen-bond donors (Lipinski definition) is 0. The molecule has 0 radical (unpaired) electrons. The highest BCUT2D eigenvalue weighted by Crippen LogP contribution is 2.30. The van der Waals surface area contributed by atoms with Crippen LogP contribution < -0.4 is 9.47 Å². The fraction of sp³-hybridized carbons (Fsp3) is 0.316. The van der Waals surface area contributed by atoms with Crippen LogP contribution in [0.4, 0.5) is 4.39 Å². The first-order valence-corrected chi connectivity index (χ1v) is 7.86. The van der Waals surface area contributed by atoms with Crippen molar-refractivity contribution in [2.75, 3.05) is 13.2 Å². The Hall–Kier alpha value is -2.36. The quantitative estimate of drug-likeness (QED) is 0.666. The van der Waals surface area contributed by atoms with Crippen molar-refractivity contribution in [2.45, 2.75) is 26.7 Å². The summed E-state index contributed by atoms with van der Waals surface area (Å²) in [6.07, 6.45) is 1.72. The molecule has 0 unspecified atom stereocenters. The highest BCUT2D eigenvalue weighted by Gasteiger charge is 2.16. The molecule has 4 heteroatoms. The van der Waals surface area contributed by atoms with Crippen LogP contribution in [0.5, 0.6) is 11.5 Å². The Morgan fingerprint density at radius 1 is 0.957 bits per heavy atom. The lowest BCUT2D eigenvalue weighted by Crippen LogP contribution is -2.06. The number of carbonyl (C=O) groups excluding carboxylic acids is 1. The lowest BCUT2D eigenvalue weighted by molar-refractivity contribution is 0.103. The highest BCUT2D eigenvalue weighted by molar-refractivity contribution is 6.09. The zero-order valence-electron chi connectivity index (χ0n) is 13.5. The van der Waals surface area contributed by atoms with E-state index in [-0.39, 0.29) is 11.3 Å². The van der Waals surface area contributed by atoms with Crippen molar-refractivity contribution in [2.24, 2.45) is 0 Å². The third-order valence-corrected chi connectivity index (χ3v) is 3.25. The number of rotatable bonds is 8. The van der Waals surface area contributed by atoms with Crippen LogP contribution >= 0.6 is 0 Å². The summed E-state index contributed by atoms with van der Waals surface area (Å²) in [7, 11) is 0. The maximum absolute atomic E-state index is 13.8. The molecule has 23 heavy (non-hydrogen) atoms. The topological polar surface area (TPSA) is 35.5 Å². The molecule has 2 aromatic rings. The summed E-state index contributed by atoms with van der Waals surface area (Å²) in [5, 5.41) is 0. The number of ketones is 1. The molecule has 2 rings (SSSR count). The maximum atomic E-state index is 13.8. The predicted molar refractivity (Wildman–Crippen MR) is 87.8 cm³/mol. The zero-order valence-corrected chi connectivity index (χ0v) is 13.5. The van der Waals surface area contributed by atoms with Gasteiger partial charge in [-0.3, -0.25) is 4.79 Å². The zero-order chi connectivity index (χ0) is 16.7. The number of halogens is 1. The summed E-state index contributed by atoms with van der Waals surface area (Å²) in [6.45, 7) is 5.12. The van der Waals surface area contributed by atoms with Gasteiger partial charge in [-0.1, -0.05) is 26.0 Å². The number of hydrogen-bond acceptors (Lipinski definition) is 3. The van der Waals surface area contributed by atoms with Crippen LogP contribution in [0.1, 0.15) is 42.6 Å². The molecular weight excluding hydrogens is 295 g/mol. The Bertz CT molecular complexity index is 667. The van der Waals surface area contributed by atoms with Crippen molar-refractivity contribution >= 4 is 5.78 Å². The molecule has 0 atom stereocenters. The van der Waals surface area contributed by atoms with Crippen LogP contribution in [-0.4, -0.2) is 19.0 Å². The van der Waals surface area contributed by atoms with E-state index in [4.69, 9.17) is 9.47 Å². The Labute approximate surface area is 136 Å². The number of ether oxygens (including phenoxy) is 2. The Balaban J connectivity index is 2.32. The van der Waals surface area contributed by atoms with Gasteiger partial charge in [-0.05, 0) is 43.2 Å². The van der Waals surface area contributed by atoms with Crippen molar-refractivity contribution in [1.82, 2.24) is 0 Å². The van der Waals surface area contributed by atoms with Crippen LogP contribution in [0, 0.1) is 5.82 Å². The van der Waals surface area contributed by atoms with Gasteiger partial charge in [0.25, 0.3) is 0 Å². The summed E-state index contributed by atoms with van der Waals surface area (Å²) in [4.78, 5) is 12.5. The van der Waals surface area contributed by atoms with Gasteiger partial charge in [-0.2, -0.15) is 0 Å². The van der Waals surface area contributed by atoms with E-state index in [1.807, 2.05) is 13.8 Å². The molecule has 0 aromatic heterocycles. The molecule has 0 N–H and O–H groups in total. The highest BCUT2D eigenvalue weighted by atomic mass is 19.1. The van der Waals surface area contributed by atoms with E-state index < -0.39 is 5.82 Å². The third kappa shape index (κ3) is 4.31. The Morgan fingerprint density at radius 2 is 1.61 bits per heavy atom. The van der Waals surface area contributed by atoms with Crippen LogP contribution in [0.3, 0.4) is 0 Å². The molecule has 0 aliphatic rings. The van der Waals surface area contributed by atoms with Crippen LogP contribution in [0.2, 0.25) is 0 Å². The van der Waals surface area contributed by atoms with Gasteiger partial charge in [0.2, 0.25) is 0 Å². The van der Waals surface area contributed by atoms with E-state index in [9.17, 15) is 9.18 Å². The molecule has 0 amide bonds. The lowest BCUT2D eigenvalue weighted by atomic mass is 10.0. The van der Waals surface area contributed by atoms with E-state index >= 15 is 0 Å². The molecule has 0 aliphatic heterocycles. The molecule has 0 fully saturated rings. The van der Waals surface area contributed by atoms with Crippen LogP contribution in [-0.2, 0) is 0 Å². The monoisotopic (exact) mass is 316 g/mol. The molecule has 122 valence electrons. The van der Waals surface area contributed by atoms with Crippen molar-refractivity contribution in [3.63, 3.8) is 0 Å². The summed E-state index contributed by atoms with van der Waals surface area (Å²) in [6, 6.07) is 10.9. The Morgan fingerprint density at radius 3 is 2.26 bits per heavy atom. The van der Waals surface area contributed by atoms with E-state index in [0.717, 1.165) is 12.8 Å². The van der Waals surface area contributed by atoms with Crippen molar-refractivity contribution in [1.29, 1.82) is 0 Å². The maximum Gasteiger partial charge on any atom is 0.196 e. The summed E-state index contributed by atoms with van der Waals surface area (Å²) in [5.74, 6) is 0.221. The summed E-state index contributed by atoms with van der Waals surface area (Å²) < 4.78 is 25.1. The SMILES string of the molecule is CCCOc1ccc(C(=O)c2ccccc2F)cc1OCCC. The molecular formula is C19H21FO3. The predicted octanol–water partition coefficient (Wildman–Crippen LogP) is 4.63. The van der Waals surface area contributed by atoms with Crippen molar-refractivity contribution in [3.05, 3.63) is 59.4 Å². The first-order valence-electron chi connectivity index (χ1n) is 7.86. The largest absolute Gasteiger partial charge is 0.490 e. The summed E-state index contributed by atoms with van der Waals surface area (Å²) in [5.41, 5.74) is 0.432. The molecule has 0 aliphatic carbocycles.